The predicted octanol–water partition coefficient (Wildman–Crippen LogP) is 1.59. The van der Waals surface area contributed by atoms with Crippen LogP contribution in [0.4, 0.5) is 0 Å². The number of nitrogens with one attached hydrogen (secondary N) is 1. The first kappa shape index (κ1) is 18.8. The van der Waals surface area contributed by atoms with E-state index in [-0.39, 0.29) is 35.9 Å². The van der Waals surface area contributed by atoms with E-state index in [0.717, 1.165) is 9.87 Å². The predicted molar refractivity (Wildman–Crippen MR) is 101 cm³/mol. The van der Waals surface area contributed by atoms with Gasteiger partial charge in [0, 0.05) is 18.5 Å². The Morgan fingerprint density at radius 1 is 1.07 bits per heavy atom. The topological polar surface area (TPSA) is 122 Å². The average molecular weight is 412 g/mol. The molecule has 0 atom stereocenters. The van der Waals surface area contributed by atoms with Crippen molar-refractivity contribution in [3.05, 3.63) is 66.1 Å². The van der Waals surface area contributed by atoms with Crippen molar-refractivity contribution in [2.45, 2.75) is 17.9 Å². The minimum absolute atomic E-state index is 0.000408. The minimum Gasteiger partial charge on any atom is -0.347 e. The van der Waals surface area contributed by atoms with Crippen molar-refractivity contribution in [2.24, 2.45) is 0 Å². The highest BCUT2D eigenvalue weighted by Gasteiger charge is 2.40. The Balaban J connectivity index is 1.34. The van der Waals surface area contributed by atoms with Gasteiger partial charge in [0.15, 0.2) is 0 Å². The third-order valence-electron chi connectivity index (χ3n) is 4.39. The van der Waals surface area contributed by atoms with Crippen LogP contribution in [0.1, 0.15) is 22.7 Å². The zero-order valence-electron chi connectivity index (χ0n) is 15.1. The largest absolute Gasteiger partial charge is 0.347 e. The molecule has 1 aliphatic rings. The van der Waals surface area contributed by atoms with E-state index >= 15 is 0 Å². The lowest BCUT2D eigenvalue weighted by Gasteiger charge is -2.14. The number of carbonyl (C=O) groups is 2. The summed E-state index contributed by atoms with van der Waals surface area (Å²) in [6.07, 6.45) is -0.182. The van der Waals surface area contributed by atoms with E-state index in [1.54, 1.807) is 12.1 Å². The molecule has 0 saturated heterocycles. The van der Waals surface area contributed by atoms with Crippen LogP contribution in [0.3, 0.4) is 0 Å². The lowest BCUT2D eigenvalue weighted by Crippen LogP contribution is -2.34. The van der Waals surface area contributed by atoms with Crippen LogP contribution in [0.15, 0.2) is 64.0 Å². The Morgan fingerprint density at radius 3 is 2.55 bits per heavy atom. The summed E-state index contributed by atoms with van der Waals surface area (Å²) in [5, 5.41) is 6.44. The number of benzene rings is 2. The molecule has 0 fully saturated rings. The van der Waals surface area contributed by atoms with Crippen molar-refractivity contribution < 1.29 is 22.5 Å². The zero-order valence-corrected chi connectivity index (χ0v) is 15.9. The van der Waals surface area contributed by atoms with E-state index in [1.807, 2.05) is 30.3 Å². The smallest absolute Gasteiger partial charge is 0.269 e. The SMILES string of the molecule is O=C(CCN1C(=O)c2ccccc2S1(=O)=O)NCc1nc(-c2ccccc2)no1. The first-order chi connectivity index (χ1) is 14.0. The molecule has 29 heavy (non-hydrogen) atoms. The van der Waals surface area contributed by atoms with E-state index < -0.39 is 21.8 Å². The summed E-state index contributed by atoms with van der Waals surface area (Å²) in [5.41, 5.74) is 0.901. The third-order valence-corrected chi connectivity index (χ3v) is 6.23. The molecule has 1 aliphatic heterocycles. The van der Waals surface area contributed by atoms with Crippen LogP contribution in [-0.2, 0) is 21.4 Å². The summed E-state index contributed by atoms with van der Waals surface area (Å²) < 4.78 is 30.8. The van der Waals surface area contributed by atoms with Crippen LogP contribution in [0.25, 0.3) is 11.4 Å². The molecular weight excluding hydrogens is 396 g/mol. The summed E-state index contributed by atoms with van der Waals surface area (Å²) in [7, 11) is -3.92. The first-order valence-corrected chi connectivity index (χ1v) is 10.2. The van der Waals surface area contributed by atoms with Crippen LogP contribution >= 0.6 is 0 Å². The maximum atomic E-state index is 12.5. The van der Waals surface area contributed by atoms with Crippen molar-refractivity contribution >= 4 is 21.8 Å². The number of aromatic nitrogens is 2. The molecule has 0 bridgehead atoms. The fourth-order valence-corrected chi connectivity index (χ4v) is 4.52. The molecule has 2 aromatic carbocycles. The Labute approximate surface area is 166 Å². The van der Waals surface area contributed by atoms with Gasteiger partial charge in [-0.3, -0.25) is 9.59 Å². The highest BCUT2D eigenvalue weighted by Crippen LogP contribution is 2.29. The summed E-state index contributed by atoms with van der Waals surface area (Å²) in [5.74, 6) is -0.447. The molecule has 0 radical (unpaired) electrons. The van der Waals surface area contributed by atoms with Gasteiger partial charge in [0.25, 0.3) is 15.9 Å². The molecule has 10 heteroatoms. The minimum atomic E-state index is -3.92. The lowest BCUT2D eigenvalue weighted by atomic mass is 10.2. The maximum absolute atomic E-state index is 12.5. The van der Waals surface area contributed by atoms with Crippen LogP contribution in [0, 0.1) is 0 Å². The number of hydrogen-bond donors (Lipinski definition) is 1. The van der Waals surface area contributed by atoms with Gasteiger partial charge in [-0.2, -0.15) is 4.98 Å². The number of carbonyl (C=O) groups excluding carboxylic acids is 2. The second-order valence-electron chi connectivity index (χ2n) is 6.28. The Hall–Kier alpha value is -3.53. The van der Waals surface area contributed by atoms with Crippen molar-refractivity contribution in [1.82, 2.24) is 19.8 Å². The maximum Gasteiger partial charge on any atom is 0.269 e. The first-order valence-electron chi connectivity index (χ1n) is 8.77. The van der Waals surface area contributed by atoms with Crippen LogP contribution in [-0.4, -0.2) is 41.2 Å². The molecule has 4 rings (SSSR count). The Bertz CT molecular complexity index is 1170. The van der Waals surface area contributed by atoms with E-state index in [1.165, 1.54) is 12.1 Å². The van der Waals surface area contributed by atoms with Crippen molar-refractivity contribution in [3.8, 4) is 11.4 Å². The van der Waals surface area contributed by atoms with E-state index in [4.69, 9.17) is 4.52 Å². The molecule has 0 saturated carbocycles. The Kier molecular flexibility index (Phi) is 4.85. The molecule has 2 amide bonds. The monoisotopic (exact) mass is 412 g/mol. The van der Waals surface area contributed by atoms with Gasteiger partial charge >= 0.3 is 0 Å². The zero-order chi connectivity index (χ0) is 20.4. The molecular formula is C19H16N4O5S. The number of hydrogen-bond acceptors (Lipinski definition) is 7. The van der Waals surface area contributed by atoms with E-state index in [2.05, 4.69) is 15.5 Å². The number of rotatable bonds is 6. The molecule has 0 unspecified atom stereocenters. The van der Waals surface area contributed by atoms with Crippen molar-refractivity contribution in [1.29, 1.82) is 0 Å². The number of sulfonamides is 1. The van der Waals surface area contributed by atoms with E-state index in [9.17, 15) is 18.0 Å². The average Bonchev–Trinajstić information content (AvgIpc) is 3.28. The fraction of sp³-hybridized carbons (Fsp3) is 0.158. The number of amides is 2. The standard InChI is InChI=1S/C19H16N4O5S/c24-16(20-12-17-21-18(22-28-17)13-6-2-1-3-7-13)10-11-23-19(25)14-8-4-5-9-15(14)29(23,26)27/h1-9H,10-12H2,(H,20,24). The van der Waals surface area contributed by atoms with Gasteiger partial charge in [0.1, 0.15) is 4.90 Å². The van der Waals surface area contributed by atoms with Crippen LogP contribution in [0.2, 0.25) is 0 Å². The molecule has 1 aromatic heterocycles. The summed E-state index contributed by atoms with van der Waals surface area (Å²) >= 11 is 0. The second-order valence-corrected chi connectivity index (χ2v) is 8.11. The normalized spacial score (nSPS) is 14.6. The molecule has 148 valence electrons. The van der Waals surface area contributed by atoms with Crippen LogP contribution < -0.4 is 5.32 Å². The van der Waals surface area contributed by atoms with Gasteiger partial charge in [0.2, 0.25) is 17.6 Å². The molecule has 9 nitrogen and oxygen atoms in total. The third kappa shape index (κ3) is 3.61. The summed E-state index contributed by atoms with van der Waals surface area (Å²) in [6.45, 7) is -0.250. The molecule has 0 spiro atoms. The molecule has 1 N–H and O–H groups in total. The highest BCUT2D eigenvalue weighted by molar-refractivity contribution is 7.90. The van der Waals surface area contributed by atoms with Gasteiger partial charge in [-0.05, 0) is 12.1 Å². The van der Waals surface area contributed by atoms with Crippen molar-refractivity contribution in [2.75, 3.05) is 6.54 Å². The fourth-order valence-electron chi connectivity index (χ4n) is 2.95. The van der Waals surface area contributed by atoms with Gasteiger partial charge in [-0.25, -0.2) is 12.7 Å². The summed E-state index contributed by atoms with van der Waals surface area (Å²) in [6, 6.07) is 15.2. The quantitative estimate of drug-likeness (QED) is 0.652. The van der Waals surface area contributed by atoms with Crippen molar-refractivity contribution in [3.63, 3.8) is 0 Å². The molecule has 0 aliphatic carbocycles. The second kappa shape index (κ2) is 7.47. The number of nitrogens with zero attached hydrogens (tertiary/aromatic N) is 3. The van der Waals surface area contributed by atoms with Gasteiger partial charge in [-0.15, -0.1) is 0 Å². The van der Waals surface area contributed by atoms with Gasteiger partial charge < -0.3 is 9.84 Å². The Morgan fingerprint density at radius 2 is 1.79 bits per heavy atom. The van der Waals surface area contributed by atoms with Gasteiger partial charge in [0.05, 0.1) is 12.1 Å². The van der Waals surface area contributed by atoms with E-state index in [0.29, 0.717) is 5.82 Å². The highest BCUT2D eigenvalue weighted by atomic mass is 32.2. The van der Waals surface area contributed by atoms with Crippen LogP contribution in [0.5, 0.6) is 0 Å². The van der Waals surface area contributed by atoms with Gasteiger partial charge in [-0.1, -0.05) is 47.6 Å². The lowest BCUT2D eigenvalue weighted by molar-refractivity contribution is -0.121. The summed E-state index contributed by atoms with van der Waals surface area (Å²) in [4.78, 5) is 28.6. The molecule has 2 heterocycles. The molecule has 3 aromatic rings. The number of fused-ring (bicyclic) bond motifs is 1.